The number of methoxy groups -OCH3 is 1. The summed E-state index contributed by atoms with van der Waals surface area (Å²) in [5.41, 5.74) is 0.823. The first-order valence-corrected chi connectivity index (χ1v) is 5.77. The number of amides is 1. The summed E-state index contributed by atoms with van der Waals surface area (Å²) in [6.07, 6.45) is 0. The van der Waals surface area contributed by atoms with Gasteiger partial charge < -0.3 is 15.4 Å². The fourth-order valence-electron chi connectivity index (χ4n) is 1.50. The summed E-state index contributed by atoms with van der Waals surface area (Å²) in [7, 11) is 1.68. The number of rotatable bonds is 7. The Morgan fingerprint density at radius 3 is 2.71 bits per heavy atom. The second kappa shape index (κ2) is 7.81. The first kappa shape index (κ1) is 13.7. The highest BCUT2D eigenvalue weighted by Gasteiger charge is 2.04. The van der Waals surface area contributed by atoms with Gasteiger partial charge in [0.2, 0.25) is 5.91 Å². The summed E-state index contributed by atoms with van der Waals surface area (Å²) >= 11 is 0. The number of benzene rings is 1. The number of anilines is 1. The van der Waals surface area contributed by atoms with E-state index >= 15 is 0 Å². The maximum atomic E-state index is 11.5. The van der Waals surface area contributed by atoms with Crippen LogP contribution in [-0.4, -0.2) is 32.7 Å². The second-order valence-electron chi connectivity index (χ2n) is 4.11. The van der Waals surface area contributed by atoms with Crippen LogP contribution in [0.1, 0.15) is 6.92 Å². The summed E-state index contributed by atoms with van der Waals surface area (Å²) in [6.45, 7) is 3.87. The van der Waals surface area contributed by atoms with E-state index in [9.17, 15) is 4.79 Å². The van der Waals surface area contributed by atoms with Crippen LogP contribution < -0.4 is 10.6 Å². The summed E-state index contributed by atoms with van der Waals surface area (Å²) in [6, 6.07) is 9.44. The number of nitrogens with one attached hydrogen (secondary N) is 2. The van der Waals surface area contributed by atoms with E-state index in [0.29, 0.717) is 19.1 Å². The summed E-state index contributed by atoms with van der Waals surface area (Å²) in [4.78, 5) is 11.5. The standard InChI is InChI=1S/C13H20N2O2/c1-11(10-17-2)8-14-9-13(16)15-12-6-4-3-5-7-12/h3-7,11,14H,8-10H2,1-2H3,(H,15,16). The summed E-state index contributed by atoms with van der Waals surface area (Å²) in [5.74, 6) is 0.380. The molecule has 0 radical (unpaired) electrons. The van der Waals surface area contributed by atoms with Gasteiger partial charge in [0.25, 0.3) is 0 Å². The first-order valence-electron chi connectivity index (χ1n) is 5.77. The second-order valence-corrected chi connectivity index (χ2v) is 4.11. The lowest BCUT2D eigenvalue weighted by atomic mass is 10.2. The van der Waals surface area contributed by atoms with Crippen molar-refractivity contribution in [3.05, 3.63) is 30.3 Å². The maximum Gasteiger partial charge on any atom is 0.238 e. The molecule has 0 saturated carbocycles. The average Bonchev–Trinajstić information content (AvgIpc) is 2.30. The van der Waals surface area contributed by atoms with E-state index in [-0.39, 0.29) is 5.91 Å². The van der Waals surface area contributed by atoms with E-state index < -0.39 is 0 Å². The fraction of sp³-hybridized carbons (Fsp3) is 0.462. The van der Waals surface area contributed by atoms with Gasteiger partial charge in [0, 0.05) is 25.9 Å². The molecule has 0 aliphatic heterocycles. The molecule has 0 bridgehead atoms. The molecule has 17 heavy (non-hydrogen) atoms. The molecule has 0 heterocycles. The summed E-state index contributed by atoms with van der Waals surface area (Å²) < 4.78 is 5.02. The van der Waals surface area contributed by atoms with Gasteiger partial charge >= 0.3 is 0 Å². The van der Waals surface area contributed by atoms with Crippen LogP contribution in [0.2, 0.25) is 0 Å². The molecule has 1 rings (SSSR count). The van der Waals surface area contributed by atoms with Crippen LogP contribution in [-0.2, 0) is 9.53 Å². The lowest BCUT2D eigenvalue weighted by Gasteiger charge is -2.11. The van der Waals surface area contributed by atoms with Crippen molar-refractivity contribution in [2.75, 3.05) is 32.1 Å². The molecule has 1 aromatic carbocycles. The Balaban J connectivity index is 2.18. The predicted octanol–water partition coefficient (Wildman–Crippen LogP) is 1.50. The Morgan fingerprint density at radius 1 is 1.35 bits per heavy atom. The molecule has 4 nitrogen and oxygen atoms in total. The van der Waals surface area contributed by atoms with E-state index in [2.05, 4.69) is 17.6 Å². The van der Waals surface area contributed by atoms with Gasteiger partial charge in [-0.05, 0) is 18.1 Å². The van der Waals surface area contributed by atoms with Gasteiger partial charge in [-0.3, -0.25) is 4.79 Å². The molecule has 0 aromatic heterocycles. The SMILES string of the molecule is COCC(C)CNCC(=O)Nc1ccccc1. The molecule has 1 unspecified atom stereocenters. The monoisotopic (exact) mass is 236 g/mol. The third-order valence-corrected chi connectivity index (χ3v) is 2.29. The molecule has 0 spiro atoms. The zero-order valence-electron chi connectivity index (χ0n) is 10.4. The molecule has 1 aromatic rings. The van der Waals surface area contributed by atoms with E-state index in [0.717, 1.165) is 12.2 Å². The van der Waals surface area contributed by atoms with Crippen LogP contribution in [0.5, 0.6) is 0 Å². The third kappa shape index (κ3) is 6.04. The quantitative estimate of drug-likeness (QED) is 0.754. The minimum Gasteiger partial charge on any atom is -0.384 e. The van der Waals surface area contributed by atoms with Crippen molar-refractivity contribution in [2.24, 2.45) is 5.92 Å². The minimum absolute atomic E-state index is 0.0270. The Bertz CT molecular complexity index is 327. The van der Waals surface area contributed by atoms with Gasteiger partial charge in [-0.25, -0.2) is 0 Å². The van der Waals surface area contributed by atoms with E-state index in [1.807, 2.05) is 30.3 Å². The Hall–Kier alpha value is -1.39. The zero-order chi connectivity index (χ0) is 12.5. The molecular weight excluding hydrogens is 216 g/mol. The highest BCUT2D eigenvalue weighted by Crippen LogP contribution is 2.03. The highest BCUT2D eigenvalue weighted by molar-refractivity contribution is 5.92. The van der Waals surface area contributed by atoms with Gasteiger partial charge in [-0.1, -0.05) is 25.1 Å². The lowest BCUT2D eigenvalue weighted by molar-refractivity contribution is -0.115. The van der Waals surface area contributed by atoms with Gasteiger partial charge in [-0.15, -0.1) is 0 Å². The lowest BCUT2D eigenvalue weighted by Crippen LogP contribution is -2.32. The number of ether oxygens (including phenoxy) is 1. The van der Waals surface area contributed by atoms with Gasteiger partial charge in [0.1, 0.15) is 0 Å². The van der Waals surface area contributed by atoms with Crippen LogP contribution in [0.15, 0.2) is 30.3 Å². The normalized spacial score (nSPS) is 12.1. The van der Waals surface area contributed by atoms with Crippen molar-refractivity contribution < 1.29 is 9.53 Å². The molecule has 0 aliphatic carbocycles. The van der Waals surface area contributed by atoms with E-state index in [1.54, 1.807) is 7.11 Å². The molecule has 4 heteroatoms. The molecule has 1 amide bonds. The molecular formula is C13H20N2O2. The topological polar surface area (TPSA) is 50.4 Å². The van der Waals surface area contributed by atoms with Crippen LogP contribution in [0, 0.1) is 5.92 Å². The average molecular weight is 236 g/mol. The maximum absolute atomic E-state index is 11.5. The molecule has 0 fully saturated rings. The molecule has 94 valence electrons. The Morgan fingerprint density at radius 2 is 2.06 bits per heavy atom. The van der Waals surface area contributed by atoms with Crippen LogP contribution in [0.25, 0.3) is 0 Å². The van der Waals surface area contributed by atoms with Crippen molar-refractivity contribution in [3.8, 4) is 0 Å². The number of hydrogen-bond acceptors (Lipinski definition) is 3. The Kier molecular flexibility index (Phi) is 6.29. The molecule has 1 atom stereocenters. The Labute approximate surface area is 102 Å². The largest absolute Gasteiger partial charge is 0.384 e. The fourth-order valence-corrected chi connectivity index (χ4v) is 1.50. The minimum atomic E-state index is -0.0270. The smallest absolute Gasteiger partial charge is 0.238 e. The van der Waals surface area contributed by atoms with Crippen molar-refractivity contribution in [3.63, 3.8) is 0 Å². The van der Waals surface area contributed by atoms with E-state index in [1.165, 1.54) is 0 Å². The van der Waals surface area contributed by atoms with Gasteiger partial charge in [0.05, 0.1) is 6.54 Å². The van der Waals surface area contributed by atoms with Crippen LogP contribution >= 0.6 is 0 Å². The van der Waals surface area contributed by atoms with Crippen molar-refractivity contribution in [1.82, 2.24) is 5.32 Å². The van der Waals surface area contributed by atoms with Gasteiger partial charge in [0.15, 0.2) is 0 Å². The van der Waals surface area contributed by atoms with Crippen LogP contribution in [0.3, 0.4) is 0 Å². The predicted molar refractivity (Wildman–Crippen MR) is 69.0 cm³/mol. The molecule has 0 saturated heterocycles. The highest BCUT2D eigenvalue weighted by atomic mass is 16.5. The number of carbonyl (C=O) groups excluding carboxylic acids is 1. The van der Waals surface area contributed by atoms with Crippen LogP contribution in [0.4, 0.5) is 5.69 Å². The molecule has 0 aliphatic rings. The van der Waals surface area contributed by atoms with Crippen molar-refractivity contribution >= 4 is 11.6 Å². The van der Waals surface area contributed by atoms with Crippen molar-refractivity contribution in [2.45, 2.75) is 6.92 Å². The number of para-hydroxylation sites is 1. The number of hydrogen-bond donors (Lipinski definition) is 2. The van der Waals surface area contributed by atoms with E-state index in [4.69, 9.17) is 4.74 Å². The third-order valence-electron chi connectivity index (χ3n) is 2.29. The molecule has 2 N–H and O–H groups in total. The zero-order valence-corrected chi connectivity index (χ0v) is 10.4. The first-order chi connectivity index (χ1) is 8.22. The summed E-state index contributed by atoms with van der Waals surface area (Å²) in [5, 5.41) is 5.91. The number of carbonyl (C=O) groups is 1. The van der Waals surface area contributed by atoms with Gasteiger partial charge in [-0.2, -0.15) is 0 Å². The van der Waals surface area contributed by atoms with Crippen molar-refractivity contribution in [1.29, 1.82) is 0 Å².